The molecule has 0 bridgehead atoms. The van der Waals surface area contributed by atoms with Gasteiger partial charge in [0.15, 0.2) is 0 Å². The minimum atomic E-state index is 0.527. The maximum atomic E-state index is 6.21. The van der Waals surface area contributed by atoms with Crippen LogP contribution in [0.25, 0.3) is 0 Å². The Labute approximate surface area is 93.8 Å². The van der Waals surface area contributed by atoms with Gasteiger partial charge < -0.3 is 10.1 Å². The van der Waals surface area contributed by atoms with Gasteiger partial charge in [0.2, 0.25) is 0 Å². The molecule has 88 valence electrons. The Balaban J connectivity index is 1.71. The van der Waals surface area contributed by atoms with Crippen molar-refractivity contribution in [2.45, 2.75) is 70.6 Å². The van der Waals surface area contributed by atoms with Crippen molar-refractivity contribution in [1.29, 1.82) is 0 Å². The number of piperidine rings is 1. The van der Waals surface area contributed by atoms with Gasteiger partial charge in [-0.1, -0.05) is 6.92 Å². The number of hydrogen-bond donors (Lipinski definition) is 1. The monoisotopic (exact) mass is 211 g/mol. The van der Waals surface area contributed by atoms with Crippen LogP contribution in [0.3, 0.4) is 0 Å². The van der Waals surface area contributed by atoms with E-state index in [1.54, 1.807) is 0 Å². The largest absolute Gasteiger partial charge is 0.375 e. The Bertz CT molecular complexity index is 187. The maximum absolute atomic E-state index is 6.21. The van der Waals surface area contributed by atoms with Gasteiger partial charge in [-0.2, -0.15) is 0 Å². The fourth-order valence-electron chi connectivity index (χ4n) is 2.85. The van der Waals surface area contributed by atoms with Crippen LogP contribution in [0.15, 0.2) is 0 Å². The molecule has 2 heteroatoms. The molecule has 2 rings (SSSR count). The molecule has 0 spiro atoms. The van der Waals surface area contributed by atoms with Gasteiger partial charge >= 0.3 is 0 Å². The van der Waals surface area contributed by atoms with Gasteiger partial charge in [-0.3, -0.25) is 0 Å². The SMILES string of the molecule is CC1CCC(OC2CCNC(C)C2)CC1. The summed E-state index contributed by atoms with van der Waals surface area (Å²) in [6, 6.07) is 0.645. The van der Waals surface area contributed by atoms with Crippen molar-refractivity contribution < 1.29 is 4.74 Å². The standard InChI is InChI=1S/C13H25NO/c1-10-3-5-12(6-4-10)15-13-7-8-14-11(2)9-13/h10-14H,3-9H2,1-2H3. The van der Waals surface area contributed by atoms with Gasteiger partial charge in [0.1, 0.15) is 0 Å². The van der Waals surface area contributed by atoms with Crippen LogP contribution in [0.5, 0.6) is 0 Å². The lowest BCUT2D eigenvalue weighted by Crippen LogP contribution is -2.41. The Morgan fingerprint density at radius 2 is 1.67 bits per heavy atom. The van der Waals surface area contributed by atoms with E-state index in [2.05, 4.69) is 19.2 Å². The summed E-state index contributed by atoms with van der Waals surface area (Å²) in [6.07, 6.45) is 8.81. The molecule has 0 aromatic heterocycles. The topological polar surface area (TPSA) is 21.3 Å². The van der Waals surface area contributed by atoms with Crippen molar-refractivity contribution in [1.82, 2.24) is 5.32 Å². The van der Waals surface area contributed by atoms with E-state index in [0.29, 0.717) is 18.2 Å². The van der Waals surface area contributed by atoms with Crippen LogP contribution < -0.4 is 5.32 Å². The molecule has 15 heavy (non-hydrogen) atoms. The molecular weight excluding hydrogens is 186 g/mol. The van der Waals surface area contributed by atoms with Gasteiger partial charge in [0.05, 0.1) is 12.2 Å². The fraction of sp³-hybridized carbons (Fsp3) is 1.00. The third-order valence-corrected chi connectivity index (χ3v) is 3.92. The second-order valence-corrected chi connectivity index (χ2v) is 5.52. The molecule has 1 N–H and O–H groups in total. The van der Waals surface area contributed by atoms with Crippen molar-refractivity contribution >= 4 is 0 Å². The van der Waals surface area contributed by atoms with E-state index in [0.717, 1.165) is 12.5 Å². The van der Waals surface area contributed by atoms with Gasteiger partial charge in [-0.25, -0.2) is 0 Å². The number of nitrogens with one attached hydrogen (secondary N) is 1. The van der Waals surface area contributed by atoms with E-state index in [1.165, 1.54) is 38.5 Å². The lowest BCUT2D eigenvalue weighted by atomic mass is 9.88. The van der Waals surface area contributed by atoms with Crippen LogP contribution in [0.1, 0.15) is 52.4 Å². The van der Waals surface area contributed by atoms with E-state index in [-0.39, 0.29) is 0 Å². The average molecular weight is 211 g/mol. The Morgan fingerprint density at radius 1 is 0.933 bits per heavy atom. The third kappa shape index (κ3) is 3.46. The van der Waals surface area contributed by atoms with E-state index in [1.807, 2.05) is 0 Å². The highest BCUT2D eigenvalue weighted by atomic mass is 16.5. The van der Waals surface area contributed by atoms with Crippen molar-refractivity contribution in [3.05, 3.63) is 0 Å². The minimum absolute atomic E-state index is 0.527. The minimum Gasteiger partial charge on any atom is -0.375 e. The molecule has 0 aromatic rings. The van der Waals surface area contributed by atoms with Crippen molar-refractivity contribution in [2.75, 3.05) is 6.54 Å². The Morgan fingerprint density at radius 3 is 2.33 bits per heavy atom. The van der Waals surface area contributed by atoms with Gasteiger partial charge in [-0.05, 0) is 57.9 Å². The summed E-state index contributed by atoms with van der Waals surface area (Å²) in [4.78, 5) is 0. The highest BCUT2D eigenvalue weighted by Gasteiger charge is 2.25. The van der Waals surface area contributed by atoms with Crippen LogP contribution in [0, 0.1) is 5.92 Å². The van der Waals surface area contributed by atoms with E-state index >= 15 is 0 Å². The highest BCUT2D eigenvalue weighted by Crippen LogP contribution is 2.27. The summed E-state index contributed by atoms with van der Waals surface area (Å²) in [5, 5.41) is 3.48. The number of rotatable bonds is 2. The van der Waals surface area contributed by atoms with Crippen LogP contribution >= 0.6 is 0 Å². The summed E-state index contributed by atoms with van der Waals surface area (Å²) in [7, 11) is 0. The summed E-state index contributed by atoms with van der Waals surface area (Å²) >= 11 is 0. The molecule has 2 atom stereocenters. The molecule has 0 aromatic carbocycles. The van der Waals surface area contributed by atoms with Crippen LogP contribution in [0.2, 0.25) is 0 Å². The van der Waals surface area contributed by atoms with Crippen molar-refractivity contribution in [3.63, 3.8) is 0 Å². The predicted octanol–water partition coefficient (Wildman–Crippen LogP) is 2.72. The first-order valence-electron chi connectivity index (χ1n) is 6.63. The molecule has 1 saturated carbocycles. The second-order valence-electron chi connectivity index (χ2n) is 5.52. The van der Waals surface area contributed by atoms with Crippen molar-refractivity contribution in [3.8, 4) is 0 Å². The number of ether oxygens (including phenoxy) is 1. The third-order valence-electron chi connectivity index (χ3n) is 3.92. The lowest BCUT2D eigenvalue weighted by molar-refractivity contribution is -0.0522. The first-order chi connectivity index (χ1) is 7.24. The van der Waals surface area contributed by atoms with E-state index in [9.17, 15) is 0 Å². The van der Waals surface area contributed by atoms with Crippen molar-refractivity contribution in [2.24, 2.45) is 5.92 Å². The molecule has 1 heterocycles. The molecule has 1 aliphatic carbocycles. The molecular formula is C13H25NO. The normalized spacial score (nSPS) is 42.8. The lowest BCUT2D eigenvalue weighted by Gasteiger charge is -2.34. The number of hydrogen-bond acceptors (Lipinski definition) is 2. The summed E-state index contributed by atoms with van der Waals surface area (Å²) in [6.45, 7) is 5.76. The summed E-state index contributed by atoms with van der Waals surface area (Å²) in [5.74, 6) is 0.928. The molecule has 2 unspecified atom stereocenters. The molecule has 2 aliphatic rings. The zero-order valence-corrected chi connectivity index (χ0v) is 10.2. The maximum Gasteiger partial charge on any atom is 0.0605 e. The van der Waals surface area contributed by atoms with E-state index in [4.69, 9.17) is 4.74 Å². The predicted molar refractivity (Wildman–Crippen MR) is 63.0 cm³/mol. The molecule has 1 saturated heterocycles. The summed E-state index contributed by atoms with van der Waals surface area (Å²) in [5.41, 5.74) is 0. The Kier molecular flexibility index (Phi) is 4.04. The smallest absolute Gasteiger partial charge is 0.0605 e. The van der Waals surface area contributed by atoms with Crippen LogP contribution in [-0.2, 0) is 4.74 Å². The molecule has 2 fully saturated rings. The summed E-state index contributed by atoms with van der Waals surface area (Å²) < 4.78 is 6.21. The molecule has 2 nitrogen and oxygen atoms in total. The molecule has 1 aliphatic heterocycles. The zero-order chi connectivity index (χ0) is 10.7. The van der Waals surface area contributed by atoms with Gasteiger partial charge in [0.25, 0.3) is 0 Å². The quantitative estimate of drug-likeness (QED) is 0.758. The highest BCUT2D eigenvalue weighted by molar-refractivity contribution is 4.78. The first-order valence-corrected chi connectivity index (χ1v) is 6.63. The van der Waals surface area contributed by atoms with Gasteiger partial charge in [-0.15, -0.1) is 0 Å². The molecule has 0 amide bonds. The van der Waals surface area contributed by atoms with Gasteiger partial charge in [0, 0.05) is 6.04 Å². The average Bonchev–Trinajstić information content (AvgIpc) is 2.22. The van der Waals surface area contributed by atoms with E-state index < -0.39 is 0 Å². The van der Waals surface area contributed by atoms with Crippen LogP contribution in [-0.4, -0.2) is 24.8 Å². The first kappa shape index (κ1) is 11.4. The fourth-order valence-corrected chi connectivity index (χ4v) is 2.85. The second kappa shape index (κ2) is 5.31. The van der Waals surface area contributed by atoms with Crippen LogP contribution in [0.4, 0.5) is 0 Å². The molecule has 0 radical (unpaired) electrons. The Hall–Kier alpha value is -0.0800. The zero-order valence-electron chi connectivity index (χ0n) is 10.2.